The lowest BCUT2D eigenvalue weighted by molar-refractivity contribution is -0.147. The largest absolute Gasteiger partial charge is 0.497 e. The number of amides is 1. The fourth-order valence-electron chi connectivity index (χ4n) is 3.01. The van der Waals surface area contributed by atoms with Crippen molar-refractivity contribution >= 4 is 40.1 Å². The summed E-state index contributed by atoms with van der Waals surface area (Å²) in [5, 5.41) is 3.04. The Morgan fingerprint density at radius 3 is 2.68 bits per heavy atom. The minimum absolute atomic E-state index is 0.101. The number of methoxy groups -OCH3 is 1. The number of benzene rings is 2. The molecule has 1 heterocycles. The second kappa shape index (κ2) is 9.61. The molecule has 7 nitrogen and oxygen atoms in total. The van der Waals surface area contributed by atoms with Gasteiger partial charge < -0.3 is 19.2 Å². The van der Waals surface area contributed by atoms with Gasteiger partial charge in [0.25, 0.3) is 5.91 Å². The third-order valence-electron chi connectivity index (χ3n) is 4.64. The van der Waals surface area contributed by atoms with Crippen LogP contribution in [0.3, 0.4) is 0 Å². The van der Waals surface area contributed by atoms with E-state index in [2.05, 4.69) is 5.32 Å². The van der Waals surface area contributed by atoms with E-state index in [0.717, 1.165) is 11.5 Å². The lowest BCUT2D eigenvalue weighted by atomic mass is 10.0. The molecule has 0 bridgehead atoms. The third-order valence-corrected chi connectivity index (χ3v) is 4.93. The number of aryl methyl sites for hydroxylation is 1. The molecule has 0 aliphatic heterocycles. The van der Waals surface area contributed by atoms with E-state index in [1.807, 2.05) is 0 Å². The first-order chi connectivity index (χ1) is 14.8. The van der Waals surface area contributed by atoms with E-state index in [0.29, 0.717) is 22.5 Å². The molecule has 0 fully saturated rings. The minimum Gasteiger partial charge on any atom is -0.497 e. The Morgan fingerprint density at radius 2 is 1.97 bits per heavy atom. The first-order valence-corrected chi connectivity index (χ1v) is 9.67. The van der Waals surface area contributed by atoms with Crippen LogP contribution in [-0.4, -0.2) is 25.6 Å². The summed E-state index contributed by atoms with van der Waals surface area (Å²) >= 11 is 5.65. The van der Waals surface area contributed by atoms with E-state index >= 15 is 0 Å². The molecule has 0 saturated carbocycles. The fourth-order valence-corrected chi connectivity index (χ4v) is 3.19. The van der Waals surface area contributed by atoms with Crippen LogP contribution >= 0.6 is 11.6 Å². The second-order valence-corrected chi connectivity index (χ2v) is 7.10. The van der Waals surface area contributed by atoms with E-state index < -0.39 is 29.9 Å². The minimum atomic E-state index is -0.652. The Kier molecular flexibility index (Phi) is 6.91. The van der Waals surface area contributed by atoms with E-state index in [-0.39, 0.29) is 23.6 Å². The van der Waals surface area contributed by atoms with Crippen LogP contribution in [0.15, 0.2) is 45.6 Å². The van der Waals surface area contributed by atoms with Crippen molar-refractivity contribution in [3.63, 3.8) is 0 Å². The second-order valence-electron chi connectivity index (χ2n) is 6.69. The highest BCUT2D eigenvalue weighted by atomic mass is 35.5. The standard InChI is InChI=1S/C22H19ClFNO6/c1-12-15-5-4-14(29-2)10-19(15)31-22(28)16(12)6-8-21(27)30-11-20(26)25-13-3-7-18(24)17(23)9-13/h3-5,7,9-10H,6,8,11H2,1-2H3,(H,25,26). The van der Waals surface area contributed by atoms with Crippen LogP contribution in [0, 0.1) is 12.7 Å². The van der Waals surface area contributed by atoms with E-state index in [1.54, 1.807) is 25.1 Å². The van der Waals surface area contributed by atoms with Gasteiger partial charge in [0.15, 0.2) is 6.61 Å². The molecule has 3 rings (SSSR count). The molecule has 0 radical (unpaired) electrons. The summed E-state index contributed by atoms with van der Waals surface area (Å²) in [5.74, 6) is -1.31. The number of rotatable bonds is 7. The highest BCUT2D eigenvalue weighted by molar-refractivity contribution is 6.31. The smallest absolute Gasteiger partial charge is 0.339 e. The number of halogens is 2. The number of ether oxygens (including phenoxy) is 2. The number of hydrogen-bond donors (Lipinski definition) is 1. The maximum Gasteiger partial charge on any atom is 0.339 e. The van der Waals surface area contributed by atoms with Crippen molar-refractivity contribution < 1.29 is 27.9 Å². The summed E-state index contributed by atoms with van der Waals surface area (Å²) in [5.41, 5.74) is 1.18. The summed E-state index contributed by atoms with van der Waals surface area (Å²) in [6, 6.07) is 8.83. The third kappa shape index (κ3) is 5.40. The zero-order valence-electron chi connectivity index (χ0n) is 16.8. The van der Waals surface area contributed by atoms with Gasteiger partial charge in [-0.1, -0.05) is 11.6 Å². The van der Waals surface area contributed by atoms with Gasteiger partial charge in [0.2, 0.25) is 0 Å². The van der Waals surface area contributed by atoms with Crippen LogP contribution in [0.2, 0.25) is 5.02 Å². The highest BCUT2D eigenvalue weighted by Crippen LogP contribution is 2.24. The van der Waals surface area contributed by atoms with Gasteiger partial charge in [-0.15, -0.1) is 0 Å². The summed E-state index contributed by atoms with van der Waals surface area (Å²) in [4.78, 5) is 36.2. The van der Waals surface area contributed by atoms with Crippen LogP contribution in [0.4, 0.5) is 10.1 Å². The monoisotopic (exact) mass is 447 g/mol. The molecular formula is C22H19ClFNO6. The highest BCUT2D eigenvalue weighted by Gasteiger charge is 2.15. The molecule has 0 saturated heterocycles. The molecule has 0 aliphatic carbocycles. The van der Waals surface area contributed by atoms with Gasteiger partial charge >= 0.3 is 11.6 Å². The maximum absolute atomic E-state index is 13.1. The van der Waals surface area contributed by atoms with Gasteiger partial charge in [-0.2, -0.15) is 0 Å². The predicted molar refractivity (Wildman–Crippen MR) is 113 cm³/mol. The molecule has 1 amide bonds. The normalized spacial score (nSPS) is 10.7. The molecule has 2 aromatic carbocycles. The molecule has 3 aromatic rings. The predicted octanol–water partition coefficient (Wildman–Crippen LogP) is 4.02. The average Bonchev–Trinajstić information content (AvgIpc) is 2.74. The van der Waals surface area contributed by atoms with Gasteiger partial charge in [0, 0.05) is 29.1 Å². The summed E-state index contributed by atoms with van der Waals surface area (Å²) < 4.78 is 28.6. The van der Waals surface area contributed by atoms with Crippen molar-refractivity contribution in [2.45, 2.75) is 19.8 Å². The van der Waals surface area contributed by atoms with Crippen LogP contribution in [0.5, 0.6) is 5.75 Å². The molecule has 0 unspecified atom stereocenters. The van der Waals surface area contributed by atoms with Gasteiger partial charge in [0.05, 0.1) is 12.1 Å². The van der Waals surface area contributed by atoms with Crippen molar-refractivity contribution in [2.75, 3.05) is 19.0 Å². The number of nitrogens with one attached hydrogen (secondary N) is 1. The van der Waals surface area contributed by atoms with Crippen LogP contribution in [0.1, 0.15) is 17.5 Å². The zero-order valence-corrected chi connectivity index (χ0v) is 17.5. The van der Waals surface area contributed by atoms with E-state index in [4.69, 9.17) is 25.5 Å². The Balaban J connectivity index is 1.58. The molecule has 9 heteroatoms. The average molecular weight is 448 g/mol. The molecule has 0 aliphatic rings. The molecule has 1 aromatic heterocycles. The number of esters is 1. The van der Waals surface area contributed by atoms with Crippen molar-refractivity contribution in [3.05, 3.63) is 68.8 Å². The molecule has 31 heavy (non-hydrogen) atoms. The van der Waals surface area contributed by atoms with Gasteiger partial charge in [-0.25, -0.2) is 9.18 Å². The zero-order chi connectivity index (χ0) is 22.5. The van der Waals surface area contributed by atoms with Crippen molar-refractivity contribution in [1.29, 1.82) is 0 Å². The van der Waals surface area contributed by atoms with Gasteiger partial charge in [-0.3, -0.25) is 9.59 Å². The molecule has 162 valence electrons. The number of carbonyl (C=O) groups is 2. The van der Waals surface area contributed by atoms with Gasteiger partial charge in [-0.05, 0) is 49.2 Å². The van der Waals surface area contributed by atoms with Crippen molar-refractivity contribution in [3.8, 4) is 5.75 Å². The first-order valence-electron chi connectivity index (χ1n) is 9.29. The molecule has 0 atom stereocenters. The SMILES string of the molecule is COc1ccc2c(C)c(CCC(=O)OCC(=O)Nc3ccc(F)c(Cl)c3)c(=O)oc2c1. The number of hydrogen-bond acceptors (Lipinski definition) is 6. The Labute approximate surface area is 181 Å². The Hall–Kier alpha value is -3.39. The molecule has 0 spiro atoms. The number of fused-ring (bicyclic) bond motifs is 1. The van der Waals surface area contributed by atoms with Crippen molar-refractivity contribution in [2.24, 2.45) is 0 Å². The lowest BCUT2D eigenvalue weighted by Gasteiger charge is -2.09. The Morgan fingerprint density at radius 1 is 1.19 bits per heavy atom. The summed E-state index contributed by atoms with van der Waals surface area (Å²) in [6.07, 6.45) is -0.00687. The summed E-state index contributed by atoms with van der Waals surface area (Å²) in [7, 11) is 1.52. The maximum atomic E-state index is 13.1. The molecule has 1 N–H and O–H groups in total. The lowest BCUT2D eigenvalue weighted by Crippen LogP contribution is -2.21. The van der Waals surface area contributed by atoms with E-state index in [1.165, 1.54) is 19.2 Å². The van der Waals surface area contributed by atoms with Gasteiger partial charge in [0.1, 0.15) is 17.1 Å². The van der Waals surface area contributed by atoms with Crippen molar-refractivity contribution in [1.82, 2.24) is 0 Å². The first kappa shape index (κ1) is 22.3. The quantitative estimate of drug-likeness (QED) is 0.434. The number of carbonyl (C=O) groups excluding carboxylic acids is 2. The van der Waals surface area contributed by atoms with Crippen LogP contribution in [-0.2, 0) is 20.7 Å². The van der Waals surface area contributed by atoms with Crippen LogP contribution < -0.4 is 15.7 Å². The fraction of sp³-hybridized carbons (Fsp3) is 0.227. The topological polar surface area (TPSA) is 94.8 Å². The summed E-state index contributed by atoms with van der Waals surface area (Å²) in [6.45, 7) is 1.24. The van der Waals surface area contributed by atoms with E-state index in [9.17, 15) is 18.8 Å². The number of anilines is 1. The Bertz CT molecular complexity index is 1210. The molecular weight excluding hydrogens is 429 g/mol. The van der Waals surface area contributed by atoms with Crippen LogP contribution in [0.25, 0.3) is 11.0 Å².